The molecule has 0 heterocycles. The molecule has 6 nitrogen and oxygen atoms in total. The minimum absolute atomic E-state index is 0.0965. The summed E-state index contributed by atoms with van der Waals surface area (Å²) < 4.78 is 31.6. The van der Waals surface area contributed by atoms with Crippen molar-refractivity contribution in [2.45, 2.75) is 43.0 Å². The first-order valence-corrected chi connectivity index (χ1v) is 7.86. The highest BCUT2D eigenvalue weighted by Gasteiger charge is 2.26. The van der Waals surface area contributed by atoms with Crippen molar-refractivity contribution in [1.29, 1.82) is 0 Å². The van der Waals surface area contributed by atoms with Gasteiger partial charge in [0.2, 0.25) is 0 Å². The number of carbonyl (C=O) groups excluding carboxylic acids is 1. The number of hydrogen-bond donors (Lipinski definition) is 2. The number of ether oxygens (including phenoxy) is 1. The second-order valence-electron chi connectivity index (χ2n) is 3.98. The highest BCUT2D eigenvalue weighted by atomic mass is 79.9. The summed E-state index contributed by atoms with van der Waals surface area (Å²) in [6.07, 6.45) is 3.86. The molecule has 2 atom stereocenters. The molecule has 2 N–H and O–H groups in total. The quantitative estimate of drug-likeness (QED) is 0.603. The Morgan fingerprint density at radius 1 is 1.29 bits per heavy atom. The van der Waals surface area contributed by atoms with Crippen LogP contribution < -0.4 is 9.44 Å². The van der Waals surface area contributed by atoms with Gasteiger partial charge in [-0.1, -0.05) is 35.2 Å². The molecule has 1 aliphatic rings. The Morgan fingerprint density at radius 2 is 1.94 bits per heavy atom. The molecule has 2 unspecified atom stereocenters. The van der Waals surface area contributed by atoms with Gasteiger partial charge in [0, 0.05) is 10.9 Å². The predicted molar refractivity (Wildman–Crippen MR) is 67.2 cm³/mol. The van der Waals surface area contributed by atoms with Crippen molar-refractivity contribution in [2.75, 3.05) is 7.11 Å². The number of rotatable bonds is 3. The first-order valence-electron chi connectivity index (χ1n) is 5.46. The molecule has 1 fully saturated rings. The van der Waals surface area contributed by atoms with Crippen molar-refractivity contribution >= 4 is 32.2 Å². The molecule has 1 aliphatic carbocycles. The zero-order valence-corrected chi connectivity index (χ0v) is 12.0. The average molecular weight is 329 g/mol. The standard InChI is InChI=1S/C9H17BrN2O4S/c1-16-9(13)12-17(14,15)11-8-6-4-2-3-5-7(8)10/h7-8,11H,2-6H2,1H3,(H,12,13). The summed E-state index contributed by atoms with van der Waals surface area (Å²) in [5.74, 6) is 0. The molecule has 1 amide bonds. The van der Waals surface area contributed by atoms with Gasteiger partial charge in [-0.25, -0.2) is 9.52 Å². The lowest BCUT2D eigenvalue weighted by atomic mass is 10.1. The van der Waals surface area contributed by atoms with Crippen LogP contribution in [-0.2, 0) is 14.9 Å². The zero-order valence-electron chi connectivity index (χ0n) is 9.61. The second kappa shape index (κ2) is 6.55. The van der Waals surface area contributed by atoms with E-state index in [9.17, 15) is 13.2 Å². The molecule has 0 aromatic heterocycles. The van der Waals surface area contributed by atoms with Gasteiger partial charge in [-0.3, -0.25) is 0 Å². The molecule has 0 bridgehead atoms. The zero-order chi connectivity index (χ0) is 12.9. The maximum atomic E-state index is 11.6. The van der Waals surface area contributed by atoms with Crippen LogP contribution in [-0.4, -0.2) is 32.5 Å². The van der Waals surface area contributed by atoms with Crippen LogP contribution in [0.5, 0.6) is 0 Å². The van der Waals surface area contributed by atoms with E-state index in [1.54, 1.807) is 4.72 Å². The summed E-state index contributed by atoms with van der Waals surface area (Å²) in [6.45, 7) is 0. The average Bonchev–Trinajstić information content (AvgIpc) is 2.43. The number of amides is 1. The van der Waals surface area contributed by atoms with Gasteiger partial charge >= 0.3 is 16.3 Å². The minimum atomic E-state index is -3.85. The van der Waals surface area contributed by atoms with Crippen LogP contribution in [0, 0.1) is 0 Å². The van der Waals surface area contributed by atoms with Crippen LogP contribution in [0.3, 0.4) is 0 Å². The third-order valence-corrected chi connectivity index (χ3v) is 4.79. The monoisotopic (exact) mass is 328 g/mol. The smallest absolute Gasteiger partial charge is 0.421 e. The van der Waals surface area contributed by atoms with E-state index in [0.29, 0.717) is 0 Å². The molecule has 0 spiro atoms. The van der Waals surface area contributed by atoms with Crippen LogP contribution in [0.4, 0.5) is 4.79 Å². The summed E-state index contributed by atoms with van der Waals surface area (Å²) in [6, 6.07) is -0.195. The molecular formula is C9H17BrN2O4S. The van der Waals surface area contributed by atoms with Gasteiger partial charge in [0.25, 0.3) is 0 Å². The van der Waals surface area contributed by atoms with Crippen molar-refractivity contribution < 1.29 is 17.9 Å². The fourth-order valence-corrected chi connectivity index (χ4v) is 3.71. The van der Waals surface area contributed by atoms with E-state index in [-0.39, 0.29) is 10.9 Å². The molecule has 17 heavy (non-hydrogen) atoms. The lowest BCUT2D eigenvalue weighted by molar-refractivity contribution is 0.177. The van der Waals surface area contributed by atoms with Crippen molar-refractivity contribution in [1.82, 2.24) is 9.44 Å². The molecule has 0 aromatic carbocycles. The first kappa shape index (κ1) is 14.7. The van der Waals surface area contributed by atoms with Gasteiger partial charge in [0.15, 0.2) is 0 Å². The lowest BCUT2D eigenvalue weighted by Crippen LogP contribution is -2.47. The molecule has 0 aromatic rings. The topological polar surface area (TPSA) is 84.5 Å². The minimum Gasteiger partial charge on any atom is -0.452 e. The van der Waals surface area contributed by atoms with E-state index in [2.05, 4.69) is 25.4 Å². The van der Waals surface area contributed by atoms with Gasteiger partial charge < -0.3 is 4.74 Å². The van der Waals surface area contributed by atoms with Gasteiger partial charge in [-0.2, -0.15) is 13.1 Å². The normalized spacial score (nSPS) is 26.0. The maximum absolute atomic E-state index is 11.6. The van der Waals surface area contributed by atoms with Crippen molar-refractivity contribution in [3.05, 3.63) is 0 Å². The number of methoxy groups -OCH3 is 1. The van der Waals surface area contributed by atoms with E-state index < -0.39 is 16.3 Å². The highest BCUT2D eigenvalue weighted by Crippen LogP contribution is 2.23. The Bertz CT molecular complexity index is 360. The van der Waals surface area contributed by atoms with Crippen LogP contribution in [0.15, 0.2) is 0 Å². The van der Waals surface area contributed by atoms with Crippen LogP contribution in [0.1, 0.15) is 32.1 Å². The van der Waals surface area contributed by atoms with Crippen LogP contribution >= 0.6 is 15.9 Å². The van der Waals surface area contributed by atoms with E-state index in [1.807, 2.05) is 0 Å². The largest absolute Gasteiger partial charge is 0.452 e. The van der Waals surface area contributed by atoms with Crippen LogP contribution in [0.2, 0.25) is 0 Å². The Kier molecular flexibility index (Phi) is 5.68. The Labute approximate surface area is 110 Å². The molecule has 1 rings (SSSR count). The van der Waals surface area contributed by atoms with Gasteiger partial charge in [0.05, 0.1) is 7.11 Å². The Morgan fingerprint density at radius 3 is 2.59 bits per heavy atom. The third-order valence-electron chi connectivity index (χ3n) is 2.64. The van der Waals surface area contributed by atoms with Crippen LogP contribution in [0.25, 0.3) is 0 Å². The summed E-state index contributed by atoms with van der Waals surface area (Å²) in [4.78, 5) is 11.0. The van der Waals surface area contributed by atoms with Crippen molar-refractivity contribution in [2.24, 2.45) is 0 Å². The number of carbonyl (C=O) groups is 1. The summed E-state index contributed by atoms with van der Waals surface area (Å²) in [5, 5.41) is 0. The van der Waals surface area contributed by atoms with Gasteiger partial charge in [-0.15, -0.1) is 0 Å². The third kappa shape index (κ3) is 5.22. The summed E-state index contributed by atoms with van der Waals surface area (Å²) in [7, 11) is -2.73. The molecule has 100 valence electrons. The SMILES string of the molecule is COC(=O)NS(=O)(=O)NC1CCCCCC1Br. The Balaban J connectivity index is 2.58. The number of alkyl halides is 1. The maximum Gasteiger partial charge on any atom is 0.421 e. The van der Waals surface area contributed by atoms with E-state index in [4.69, 9.17) is 0 Å². The Hall–Kier alpha value is -0.340. The number of nitrogens with one attached hydrogen (secondary N) is 2. The second-order valence-corrected chi connectivity index (χ2v) is 6.60. The molecule has 1 saturated carbocycles. The fraction of sp³-hybridized carbons (Fsp3) is 0.889. The highest BCUT2D eigenvalue weighted by molar-refractivity contribution is 9.09. The van der Waals surface area contributed by atoms with Gasteiger partial charge in [-0.05, 0) is 12.8 Å². The number of halogens is 1. The van der Waals surface area contributed by atoms with Crippen molar-refractivity contribution in [3.63, 3.8) is 0 Å². The van der Waals surface area contributed by atoms with E-state index in [1.165, 1.54) is 0 Å². The predicted octanol–water partition coefficient (Wildman–Crippen LogP) is 1.27. The van der Waals surface area contributed by atoms with Gasteiger partial charge in [0.1, 0.15) is 0 Å². The summed E-state index contributed by atoms with van der Waals surface area (Å²) >= 11 is 3.47. The molecule has 8 heteroatoms. The lowest BCUT2D eigenvalue weighted by Gasteiger charge is -2.21. The molecule has 0 saturated heterocycles. The molecular weight excluding hydrogens is 312 g/mol. The summed E-state index contributed by atoms with van der Waals surface area (Å²) in [5.41, 5.74) is 0. The first-order chi connectivity index (χ1) is 7.94. The molecule has 0 radical (unpaired) electrons. The van der Waals surface area contributed by atoms with Crippen molar-refractivity contribution in [3.8, 4) is 0 Å². The number of hydrogen-bond acceptors (Lipinski definition) is 4. The van der Waals surface area contributed by atoms with E-state index >= 15 is 0 Å². The molecule has 0 aliphatic heterocycles. The van der Waals surface area contributed by atoms with E-state index in [0.717, 1.165) is 39.2 Å². The fourth-order valence-electron chi connectivity index (χ4n) is 1.78.